The van der Waals surface area contributed by atoms with Gasteiger partial charge in [-0.15, -0.1) is 13.1 Å². The number of nitrogens with zero attached hydrogens (tertiary/aromatic N) is 2. The summed E-state index contributed by atoms with van der Waals surface area (Å²) in [5, 5.41) is 4.34. The summed E-state index contributed by atoms with van der Waals surface area (Å²) >= 11 is -1.92. The van der Waals surface area contributed by atoms with Gasteiger partial charge in [-0.1, -0.05) is 12.8 Å². The molecule has 0 N–H and O–H groups in total. The molecule has 0 amide bonds. The molecule has 1 saturated heterocycles. The van der Waals surface area contributed by atoms with Crippen LogP contribution in [0.5, 0.6) is 0 Å². The van der Waals surface area contributed by atoms with Crippen LogP contribution >= 0.6 is 27.9 Å². The van der Waals surface area contributed by atoms with Gasteiger partial charge in [0.15, 0.2) is 0 Å². The summed E-state index contributed by atoms with van der Waals surface area (Å²) in [6.45, 7) is 4.60. The number of hydrogen-bond acceptors (Lipinski definition) is 1. The van der Waals surface area contributed by atoms with Crippen molar-refractivity contribution in [1.82, 2.24) is 4.90 Å². The molecular weight excluding hydrogens is 266 g/mol. The van der Waals surface area contributed by atoms with E-state index in [0.717, 1.165) is 13.1 Å². The summed E-state index contributed by atoms with van der Waals surface area (Å²) in [6, 6.07) is 0. The summed E-state index contributed by atoms with van der Waals surface area (Å²) in [5.41, 5.74) is 0. The van der Waals surface area contributed by atoms with E-state index in [1.165, 1.54) is 25.9 Å². The van der Waals surface area contributed by atoms with Crippen LogP contribution in [-0.4, -0.2) is 38.1 Å². The summed E-state index contributed by atoms with van der Waals surface area (Å²) in [5.74, 6) is 0. The van der Waals surface area contributed by atoms with Crippen molar-refractivity contribution < 1.29 is 14.7 Å². The minimum atomic E-state index is -1.92. The SMILES string of the molecule is CN1CCC[N-]CCC1.[Cl][Ti+]([Cl])[Cl]. The van der Waals surface area contributed by atoms with E-state index < -0.39 is 14.7 Å². The first-order valence-electron chi connectivity index (χ1n) is 4.28. The third-order valence-electron chi connectivity index (χ3n) is 1.71. The van der Waals surface area contributed by atoms with Crippen molar-refractivity contribution >= 4 is 27.9 Å². The molecule has 1 heterocycles. The monoisotopic (exact) mass is 280 g/mol. The maximum atomic E-state index is 4.97. The van der Waals surface area contributed by atoms with Crippen LogP contribution in [0, 0.1) is 0 Å². The Bertz CT molecular complexity index is 105. The number of halogens is 3. The zero-order valence-electron chi connectivity index (χ0n) is 7.77. The van der Waals surface area contributed by atoms with Crippen molar-refractivity contribution in [3.8, 4) is 0 Å². The van der Waals surface area contributed by atoms with Crippen LogP contribution in [0.3, 0.4) is 0 Å². The van der Waals surface area contributed by atoms with E-state index >= 15 is 0 Å². The zero-order valence-corrected chi connectivity index (χ0v) is 11.6. The molecule has 0 aromatic carbocycles. The fraction of sp³-hybridized carbons (Fsp3) is 1.00. The Kier molecular flexibility index (Phi) is 11.2. The maximum absolute atomic E-state index is 4.97. The van der Waals surface area contributed by atoms with Crippen molar-refractivity contribution in [1.29, 1.82) is 0 Å². The molecule has 6 heteroatoms. The average molecular weight is 281 g/mol. The van der Waals surface area contributed by atoms with Gasteiger partial charge in [0, 0.05) is 0 Å². The van der Waals surface area contributed by atoms with Crippen LogP contribution in [0.25, 0.3) is 5.32 Å². The number of rotatable bonds is 0. The molecule has 1 aliphatic rings. The van der Waals surface area contributed by atoms with Crippen molar-refractivity contribution in [3.05, 3.63) is 5.32 Å². The first-order chi connectivity index (χ1) is 6.13. The van der Waals surface area contributed by atoms with Crippen LogP contribution < -0.4 is 0 Å². The van der Waals surface area contributed by atoms with Gasteiger partial charge in [0.2, 0.25) is 0 Å². The van der Waals surface area contributed by atoms with E-state index in [4.69, 9.17) is 27.9 Å². The Morgan fingerprint density at radius 1 is 1.08 bits per heavy atom. The van der Waals surface area contributed by atoms with Gasteiger partial charge in [0.05, 0.1) is 0 Å². The molecule has 1 rings (SSSR count). The predicted molar refractivity (Wildman–Crippen MR) is 57.4 cm³/mol. The summed E-state index contributed by atoms with van der Waals surface area (Å²) < 4.78 is 0. The van der Waals surface area contributed by atoms with E-state index in [-0.39, 0.29) is 0 Å². The third-order valence-corrected chi connectivity index (χ3v) is 1.71. The Morgan fingerprint density at radius 3 is 1.85 bits per heavy atom. The van der Waals surface area contributed by atoms with Gasteiger partial charge in [0.1, 0.15) is 0 Å². The summed E-state index contributed by atoms with van der Waals surface area (Å²) in [7, 11) is 17.1. The molecule has 0 aromatic heterocycles. The molecule has 0 radical (unpaired) electrons. The molecule has 2 nitrogen and oxygen atoms in total. The molecule has 0 bridgehead atoms. The van der Waals surface area contributed by atoms with Gasteiger partial charge in [-0.05, 0) is 20.1 Å². The van der Waals surface area contributed by atoms with Gasteiger partial charge in [-0.2, -0.15) is 0 Å². The zero-order chi connectivity index (χ0) is 10.1. The van der Waals surface area contributed by atoms with Crippen molar-refractivity contribution in [2.45, 2.75) is 12.8 Å². The fourth-order valence-electron chi connectivity index (χ4n) is 1.13. The first kappa shape index (κ1) is 14.5. The van der Waals surface area contributed by atoms with E-state index in [1.54, 1.807) is 0 Å². The van der Waals surface area contributed by atoms with Crippen molar-refractivity contribution in [2.75, 3.05) is 33.2 Å². The van der Waals surface area contributed by atoms with Crippen LogP contribution in [0.4, 0.5) is 0 Å². The Hall–Kier alpha value is 1.50. The molecule has 0 atom stereocenters. The normalized spacial score (nSPS) is 19.4. The molecule has 1 aliphatic heterocycles. The topological polar surface area (TPSA) is 17.3 Å². The molecule has 1 fully saturated rings. The minimum absolute atomic E-state index is 1.07. The second-order valence-corrected chi connectivity index (χ2v) is 10.6. The average Bonchev–Trinajstić information content (AvgIpc) is 1.95. The van der Waals surface area contributed by atoms with Crippen molar-refractivity contribution in [2.24, 2.45) is 0 Å². The molecule has 78 valence electrons. The van der Waals surface area contributed by atoms with E-state index in [0.29, 0.717) is 0 Å². The molecule has 0 spiro atoms. The molecule has 0 aliphatic carbocycles. The predicted octanol–water partition coefficient (Wildman–Crippen LogP) is 3.15. The number of hydrogen-bond donors (Lipinski definition) is 0. The van der Waals surface area contributed by atoms with Gasteiger partial charge >= 0.3 is 42.6 Å². The van der Waals surface area contributed by atoms with Crippen molar-refractivity contribution in [3.63, 3.8) is 0 Å². The quantitative estimate of drug-likeness (QED) is 0.624. The molecule has 0 saturated carbocycles. The standard InChI is InChI=1S/C7H15N2.3ClH.Ti/c1-9-6-2-4-8-5-3-7-9;;;;/h2-7H2,1H3;3*1H;/q-1;;;;+4/p-3. The van der Waals surface area contributed by atoms with Gasteiger partial charge in [-0.25, -0.2) is 0 Å². The first-order valence-corrected chi connectivity index (χ1v) is 10.7. The van der Waals surface area contributed by atoms with Gasteiger partial charge in [0.25, 0.3) is 0 Å². The summed E-state index contributed by atoms with van der Waals surface area (Å²) in [6.07, 6.45) is 2.49. The van der Waals surface area contributed by atoms with E-state index in [9.17, 15) is 0 Å². The summed E-state index contributed by atoms with van der Waals surface area (Å²) in [4.78, 5) is 2.38. The van der Waals surface area contributed by atoms with Crippen LogP contribution in [0.1, 0.15) is 12.8 Å². The second kappa shape index (κ2) is 10.0. The Labute approximate surface area is 98.4 Å². The Morgan fingerprint density at radius 2 is 1.46 bits per heavy atom. The molecular formula is C7H15Cl3N2Ti. The molecule has 0 unspecified atom stereocenters. The van der Waals surface area contributed by atoms with Crippen LogP contribution in [-0.2, 0) is 14.7 Å². The third kappa shape index (κ3) is 13.5. The fourth-order valence-corrected chi connectivity index (χ4v) is 1.13. The molecule has 0 aromatic rings. The molecule has 13 heavy (non-hydrogen) atoms. The van der Waals surface area contributed by atoms with E-state index in [1.807, 2.05) is 0 Å². The van der Waals surface area contributed by atoms with Gasteiger partial charge in [-0.3, -0.25) is 0 Å². The van der Waals surface area contributed by atoms with Crippen LogP contribution in [0.15, 0.2) is 0 Å². The van der Waals surface area contributed by atoms with Gasteiger partial charge < -0.3 is 10.2 Å². The second-order valence-electron chi connectivity index (χ2n) is 2.90. The van der Waals surface area contributed by atoms with Crippen LogP contribution in [0.2, 0.25) is 0 Å². The Balaban J connectivity index is 0.000000310. The van der Waals surface area contributed by atoms with E-state index in [2.05, 4.69) is 17.3 Å².